The fourth-order valence-corrected chi connectivity index (χ4v) is 1.58. The molecule has 1 unspecified atom stereocenters. The van der Waals surface area contributed by atoms with Crippen LogP contribution in [0.15, 0.2) is 24.3 Å². The van der Waals surface area contributed by atoms with Gasteiger partial charge in [-0.2, -0.15) is 0 Å². The fraction of sp³-hybridized carbons (Fsp3) is 0.462. The van der Waals surface area contributed by atoms with E-state index in [1.54, 1.807) is 13.2 Å². The lowest BCUT2D eigenvalue weighted by atomic mass is 10.1. The summed E-state index contributed by atoms with van der Waals surface area (Å²) in [5, 5.41) is 12.1. The second-order valence-corrected chi connectivity index (χ2v) is 3.91. The van der Waals surface area contributed by atoms with E-state index in [0.717, 1.165) is 24.3 Å². The van der Waals surface area contributed by atoms with Crippen molar-refractivity contribution in [3.8, 4) is 5.75 Å². The minimum Gasteiger partial charge on any atom is -0.497 e. The molecule has 1 atom stereocenters. The molecule has 0 fully saturated rings. The van der Waals surface area contributed by atoms with Gasteiger partial charge in [-0.15, -0.1) is 0 Å². The molecule has 0 saturated carbocycles. The van der Waals surface area contributed by atoms with Crippen LogP contribution in [-0.2, 0) is 4.79 Å². The Morgan fingerprint density at radius 1 is 1.53 bits per heavy atom. The Bertz CT molecular complexity index is 365. The van der Waals surface area contributed by atoms with Gasteiger partial charge in [0.15, 0.2) is 0 Å². The number of hydrogen-bond acceptors (Lipinski definition) is 3. The van der Waals surface area contributed by atoms with Gasteiger partial charge >= 0.3 is 5.97 Å². The van der Waals surface area contributed by atoms with Gasteiger partial charge < -0.3 is 15.2 Å². The molecule has 0 aliphatic rings. The molecular weight excluding hydrogens is 218 g/mol. The lowest BCUT2D eigenvalue weighted by molar-refractivity contribution is -0.138. The van der Waals surface area contributed by atoms with Crippen molar-refractivity contribution in [2.24, 2.45) is 0 Å². The van der Waals surface area contributed by atoms with Crippen LogP contribution in [0.4, 0.5) is 5.69 Å². The number of anilines is 1. The molecule has 0 spiro atoms. The van der Waals surface area contributed by atoms with E-state index < -0.39 is 12.0 Å². The molecule has 4 nitrogen and oxygen atoms in total. The molecule has 1 rings (SSSR count). The minimum atomic E-state index is -0.818. The second kappa shape index (κ2) is 6.78. The zero-order valence-corrected chi connectivity index (χ0v) is 10.3. The van der Waals surface area contributed by atoms with Crippen LogP contribution < -0.4 is 10.1 Å². The van der Waals surface area contributed by atoms with E-state index in [0.29, 0.717) is 6.42 Å². The van der Waals surface area contributed by atoms with Gasteiger partial charge in [0.1, 0.15) is 11.8 Å². The summed E-state index contributed by atoms with van der Waals surface area (Å²) < 4.78 is 5.09. The summed E-state index contributed by atoms with van der Waals surface area (Å²) in [6, 6.07) is 6.75. The van der Waals surface area contributed by atoms with Gasteiger partial charge in [0, 0.05) is 11.8 Å². The molecule has 94 valence electrons. The van der Waals surface area contributed by atoms with E-state index >= 15 is 0 Å². The molecule has 2 N–H and O–H groups in total. The van der Waals surface area contributed by atoms with Gasteiger partial charge in [-0.25, -0.2) is 4.79 Å². The molecule has 0 amide bonds. The summed E-state index contributed by atoms with van der Waals surface area (Å²) in [5.41, 5.74) is 0.771. The van der Waals surface area contributed by atoms with Crippen LogP contribution in [0.25, 0.3) is 0 Å². The summed E-state index contributed by atoms with van der Waals surface area (Å²) in [7, 11) is 1.59. The van der Waals surface area contributed by atoms with Crippen molar-refractivity contribution in [2.45, 2.75) is 32.2 Å². The number of unbranched alkanes of at least 4 members (excludes halogenated alkanes) is 1. The maximum Gasteiger partial charge on any atom is 0.326 e. The lowest BCUT2D eigenvalue weighted by Crippen LogP contribution is -2.29. The largest absolute Gasteiger partial charge is 0.497 e. The number of rotatable bonds is 7. The third-order valence-corrected chi connectivity index (χ3v) is 2.56. The van der Waals surface area contributed by atoms with E-state index in [2.05, 4.69) is 5.32 Å². The number of methoxy groups -OCH3 is 1. The van der Waals surface area contributed by atoms with Crippen molar-refractivity contribution in [1.82, 2.24) is 0 Å². The van der Waals surface area contributed by atoms with Gasteiger partial charge in [0.05, 0.1) is 7.11 Å². The first-order chi connectivity index (χ1) is 8.17. The molecule has 0 saturated heterocycles. The molecule has 0 aliphatic carbocycles. The Morgan fingerprint density at radius 2 is 2.29 bits per heavy atom. The Kier molecular flexibility index (Phi) is 5.33. The molecule has 0 heterocycles. The first kappa shape index (κ1) is 13.4. The van der Waals surface area contributed by atoms with E-state index in [-0.39, 0.29) is 0 Å². The molecule has 0 aliphatic heterocycles. The molecule has 1 aromatic rings. The Morgan fingerprint density at radius 3 is 2.88 bits per heavy atom. The smallest absolute Gasteiger partial charge is 0.326 e. The zero-order valence-electron chi connectivity index (χ0n) is 10.3. The van der Waals surface area contributed by atoms with E-state index in [1.165, 1.54) is 0 Å². The first-order valence-corrected chi connectivity index (χ1v) is 5.80. The monoisotopic (exact) mass is 237 g/mol. The summed E-state index contributed by atoms with van der Waals surface area (Å²) in [5.74, 6) is -0.101. The highest BCUT2D eigenvalue weighted by molar-refractivity contribution is 5.77. The van der Waals surface area contributed by atoms with Gasteiger partial charge in [-0.05, 0) is 18.6 Å². The summed E-state index contributed by atoms with van der Waals surface area (Å²) in [4.78, 5) is 11.1. The Labute approximate surface area is 102 Å². The Hall–Kier alpha value is -1.71. The predicted molar refractivity (Wildman–Crippen MR) is 67.6 cm³/mol. The molecule has 0 aromatic heterocycles. The van der Waals surface area contributed by atoms with Crippen LogP contribution in [-0.4, -0.2) is 24.2 Å². The number of carbonyl (C=O) groups is 1. The van der Waals surface area contributed by atoms with E-state index in [9.17, 15) is 4.79 Å². The first-order valence-electron chi connectivity index (χ1n) is 5.80. The van der Waals surface area contributed by atoms with Crippen molar-refractivity contribution in [1.29, 1.82) is 0 Å². The zero-order chi connectivity index (χ0) is 12.7. The predicted octanol–water partition coefficient (Wildman–Crippen LogP) is 2.75. The third kappa shape index (κ3) is 4.34. The standard InChI is InChI=1S/C13H19NO3/c1-3-4-8-12(13(15)16)14-10-6-5-7-11(9-10)17-2/h5-7,9,12,14H,3-4,8H2,1-2H3,(H,15,16). The topological polar surface area (TPSA) is 58.6 Å². The summed E-state index contributed by atoms with van der Waals surface area (Å²) in [6.07, 6.45) is 2.51. The quantitative estimate of drug-likeness (QED) is 0.765. The SMILES string of the molecule is CCCCC(Nc1cccc(OC)c1)C(=O)O. The Balaban J connectivity index is 2.67. The van der Waals surface area contributed by atoms with Crippen molar-refractivity contribution >= 4 is 11.7 Å². The average Bonchev–Trinajstić information content (AvgIpc) is 2.34. The maximum absolute atomic E-state index is 11.1. The number of carboxylic acids is 1. The van der Waals surface area contributed by atoms with Crippen LogP contribution in [0, 0.1) is 0 Å². The lowest BCUT2D eigenvalue weighted by Gasteiger charge is -2.15. The number of ether oxygens (including phenoxy) is 1. The molecular formula is C13H19NO3. The van der Waals surface area contributed by atoms with E-state index in [1.807, 2.05) is 25.1 Å². The number of aliphatic carboxylic acids is 1. The van der Waals surface area contributed by atoms with Crippen LogP contribution in [0.1, 0.15) is 26.2 Å². The minimum absolute atomic E-state index is 0.540. The van der Waals surface area contributed by atoms with Crippen molar-refractivity contribution in [3.05, 3.63) is 24.3 Å². The number of nitrogens with one attached hydrogen (secondary N) is 1. The average molecular weight is 237 g/mol. The highest BCUT2D eigenvalue weighted by Crippen LogP contribution is 2.18. The normalized spacial score (nSPS) is 11.9. The summed E-state index contributed by atoms with van der Waals surface area (Å²) in [6.45, 7) is 2.05. The van der Waals surface area contributed by atoms with Crippen LogP contribution in [0.2, 0.25) is 0 Å². The molecule has 4 heteroatoms. The van der Waals surface area contributed by atoms with Crippen LogP contribution in [0.5, 0.6) is 5.75 Å². The maximum atomic E-state index is 11.1. The van der Waals surface area contributed by atoms with Crippen LogP contribution in [0.3, 0.4) is 0 Å². The molecule has 0 radical (unpaired) electrons. The van der Waals surface area contributed by atoms with Gasteiger partial charge in [0.25, 0.3) is 0 Å². The van der Waals surface area contributed by atoms with E-state index in [4.69, 9.17) is 9.84 Å². The number of carboxylic acid groups (broad SMARTS) is 1. The number of benzene rings is 1. The van der Waals surface area contributed by atoms with Crippen molar-refractivity contribution in [3.63, 3.8) is 0 Å². The molecule has 17 heavy (non-hydrogen) atoms. The van der Waals surface area contributed by atoms with Crippen molar-refractivity contribution < 1.29 is 14.6 Å². The third-order valence-electron chi connectivity index (χ3n) is 2.56. The van der Waals surface area contributed by atoms with Crippen molar-refractivity contribution in [2.75, 3.05) is 12.4 Å². The van der Waals surface area contributed by atoms with Gasteiger partial charge in [-0.3, -0.25) is 0 Å². The highest BCUT2D eigenvalue weighted by atomic mass is 16.5. The summed E-state index contributed by atoms with van der Waals surface area (Å²) >= 11 is 0. The second-order valence-electron chi connectivity index (χ2n) is 3.91. The number of hydrogen-bond donors (Lipinski definition) is 2. The highest BCUT2D eigenvalue weighted by Gasteiger charge is 2.16. The fourth-order valence-electron chi connectivity index (χ4n) is 1.58. The van der Waals surface area contributed by atoms with Crippen LogP contribution >= 0.6 is 0 Å². The molecule has 1 aromatic carbocycles. The molecule has 0 bridgehead atoms. The van der Waals surface area contributed by atoms with Gasteiger partial charge in [-0.1, -0.05) is 25.8 Å². The van der Waals surface area contributed by atoms with Gasteiger partial charge in [0.2, 0.25) is 0 Å².